The van der Waals surface area contributed by atoms with Crippen LogP contribution in [0.3, 0.4) is 0 Å². The SMILES string of the molecule is O=C1c2cc3c(cc2CCN1CC1CCCCNC1)OCO3. The Balaban J connectivity index is 1.51. The summed E-state index contributed by atoms with van der Waals surface area (Å²) in [6.45, 7) is 4.06. The summed E-state index contributed by atoms with van der Waals surface area (Å²) in [7, 11) is 0. The lowest BCUT2D eigenvalue weighted by molar-refractivity contribution is 0.0709. The van der Waals surface area contributed by atoms with E-state index in [1.54, 1.807) is 0 Å². The molecule has 1 N–H and O–H groups in total. The molecule has 0 spiro atoms. The average Bonchev–Trinajstić information content (AvgIpc) is 2.83. The van der Waals surface area contributed by atoms with Crippen LogP contribution >= 0.6 is 0 Å². The maximum atomic E-state index is 12.8. The van der Waals surface area contributed by atoms with Crippen LogP contribution in [0.5, 0.6) is 11.5 Å². The summed E-state index contributed by atoms with van der Waals surface area (Å²) < 4.78 is 10.8. The van der Waals surface area contributed by atoms with E-state index in [2.05, 4.69) is 5.32 Å². The average molecular weight is 302 g/mol. The lowest BCUT2D eigenvalue weighted by atomic mass is 9.96. The highest BCUT2D eigenvalue weighted by Gasteiger charge is 2.29. The molecule has 0 saturated carbocycles. The first-order valence-corrected chi connectivity index (χ1v) is 8.24. The van der Waals surface area contributed by atoms with Crippen molar-refractivity contribution in [3.63, 3.8) is 0 Å². The van der Waals surface area contributed by atoms with Crippen molar-refractivity contribution in [3.05, 3.63) is 23.3 Å². The summed E-state index contributed by atoms with van der Waals surface area (Å²) in [5, 5.41) is 3.48. The molecule has 0 aliphatic carbocycles. The summed E-state index contributed by atoms with van der Waals surface area (Å²) in [5.74, 6) is 2.18. The van der Waals surface area contributed by atoms with Crippen molar-refractivity contribution in [2.75, 3.05) is 33.0 Å². The third-order valence-electron chi connectivity index (χ3n) is 4.89. The maximum Gasteiger partial charge on any atom is 0.254 e. The Hall–Kier alpha value is -1.75. The summed E-state index contributed by atoms with van der Waals surface area (Å²) >= 11 is 0. The highest BCUT2D eigenvalue weighted by molar-refractivity contribution is 5.97. The smallest absolute Gasteiger partial charge is 0.254 e. The minimum absolute atomic E-state index is 0.142. The molecule has 4 rings (SSSR count). The predicted octanol–water partition coefficient (Wildman–Crippen LogP) is 1.80. The molecule has 5 nitrogen and oxygen atoms in total. The number of benzene rings is 1. The molecule has 1 fully saturated rings. The fourth-order valence-corrected chi connectivity index (χ4v) is 3.65. The number of nitrogens with one attached hydrogen (secondary N) is 1. The Bertz CT molecular complexity index is 580. The second-order valence-corrected chi connectivity index (χ2v) is 6.43. The lowest BCUT2D eigenvalue weighted by Crippen LogP contribution is -2.42. The molecule has 22 heavy (non-hydrogen) atoms. The normalized spacial score (nSPS) is 24.1. The van der Waals surface area contributed by atoms with Gasteiger partial charge in [0.25, 0.3) is 5.91 Å². The van der Waals surface area contributed by atoms with Gasteiger partial charge in [-0.05, 0) is 56.0 Å². The van der Waals surface area contributed by atoms with Crippen LogP contribution in [0, 0.1) is 5.92 Å². The van der Waals surface area contributed by atoms with Crippen molar-refractivity contribution in [3.8, 4) is 11.5 Å². The van der Waals surface area contributed by atoms with Gasteiger partial charge in [-0.25, -0.2) is 0 Å². The molecule has 118 valence electrons. The number of fused-ring (bicyclic) bond motifs is 2. The fraction of sp³-hybridized carbons (Fsp3) is 0.588. The molecular weight excluding hydrogens is 280 g/mol. The van der Waals surface area contributed by atoms with Gasteiger partial charge in [-0.1, -0.05) is 6.42 Å². The van der Waals surface area contributed by atoms with E-state index in [0.717, 1.165) is 49.5 Å². The molecule has 0 radical (unpaired) electrons. The molecule has 0 aromatic heterocycles. The van der Waals surface area contributed by atoms with E-state index in [1.807, 2.05) is 17.0 Å². The second-order valence-electron chi connectivity index (χ2n) is 6.43. The van der Waals surface area contributed by atoms with Gasteiger partial charge in [0.15, 0.2) is 11.5 Å². The van der Waals surface area contributed by atoms with Gasteiger partial charge in [-0.3, -0.25) is 4.79 Å². The Morgan fingerprint density at radius 1 is 1.23 bits per heavy atom. The van der Waals surface area contributed by atoms with E-state index in [9.17, 15) is 4.79 Å². The van der Waals surface area contributed by atoms with E-state index in [-0.39, 0.29) is 12.7 Å². The Kier molecular flexibility index (Phi) is 3.66. The van der Waals surface area contributed by atoms with Crippen LogP contribution in [-0.4, -0.2) is 43.8 Å². The first-order chi connectivity index (χ1) is 10.8. The Labute approximate surface area is 130 Å². The van der Waals surface area contributed by atoms with Crippen LogP contribution in [-0.2, 0) is 6.42 Å². The number of hydrogen-bond acceptors (Lipinski definition) is 4. The number of carbonyl (C=O) groups is 1. The quantitative estimate of drug-likeness (QED) is 0.905. The zero-order chi connectivity index (χ0) is 14.9. The van der Waals surface area contributed by atoms with Gasteiger partial charge >= 0.3 is 0 Å². The highest BCUT2D eigenvalue weighted by Crippen LogP contribution is 2.36. The summed E-state index contributed by atoms with van der Waals surface area (Å²) in [6, 6.07) is 3.83. The number of nitrogens with zero attached hydrogens (tertiary/aromatic N) is 1. The van der Waals surface area contributed by atoms with Crippen LogP contribution in [0.2, 0.25) is 0 Å². The molecular formula is C17H22N2O3. The number of hydrogen-bond donors (Lipinski definition) is 1. The predicted molar refractivity (Wildman–Crippen MR) is 82.4 cm³/mol. The Morgan fingerprint density at radius 2 is 2.09 bits per heavy atom. The Morgan fingerprint density at radius 3 is 3.00 bits per heavy atom. The van der Waals surface area contributed by atoms with Crippen molar-refractivity contribution >= 4 is 5.91 Å². The number of carbonyl (C=O) groups excluding carboxylic acids is 1. The van der Waals surface area contributed by atoms with Crippen molar-refractivity contribution in [2.24, 2.45) is 5.92 Å². The lowest BCUT2D eigenvalue weighted by Gasteiger charge is -2.31. The molecule has 5 heteroatoms. The van der Waals surface area contributed by atoms with Gasteiger partial charge in [-0.2, -0.15) is 0 Å². The topological polar surface area (TPSA) is 50.8 Å². The molecule has 1 unspecified atom stereocenters. The molecule has 1 saturated heterocycles. The van der Waals surface area contributed by atoms with Gasteiger partial charge in [0, 0.05) is 18.7 Å². The van der Waals surface area contributed by atoms with Crippen molar-refractivity contribution < 1.29 is 14.3 Å². The summed E-state index contributed by atoms with van der Waals surface area (Å²) in [6.07, 6.45) is 4.62. The molecule has 1 atom stereocenters. The number of ether oxygens (including phenoxy) is 2. The zero-order valence-electron chi connectivity index (χ0n) is 12.8. The fourth-order valence-electron chi connectivity index (χ4n) is 3.65. The second kappa shape index (κ2) is 5.80. The van der Waals surface area contributed by atoms with E-state index in [0.29, 0.717) is 11.7 Å². The minimum atomic E-state index is 0.142. The number of rotatable bonds is 2. The molecule has 1 aromatic rings. The van der Waals surface area contributed by atoms with E-state index in [4.69, 9.17) is 9.47 Å². The van der Waals surface area contributed by atoms with Gasteiger partial charge in [0.05, 0.1) is 0 Å². The van der Waals surface area contributed by atoms with Gasteiger partial charge in [0.2, 0.25) is 6.79 Å². The molecule has 3 aliphatic heterocycles. The van der Waals surface area contributed by atoms with Crippen LogP contribution in [0.25, 0.3) is 0 Å². The first-order valence-electron chi connectivity index (χ1n) is 8.24. The van der Waals surface area contributed by atoms with E-state index < -0.39 is 0 Å². The van der Waals surface area contributed by atoms with Gasteiger partial charge in [-0.15, -0.1) is 0 Å². The van der Waals surface area contributed by atoms with Gasteiger partial charge in [0.1, 0.15) is 0 Å². The van der Waals surface area contributed by atoms with Gasteiger partial charge < -0.3 is 19.7 Å². The largest absolute Gasteiger partial charge is 0.454 e. The van der Waals surface area contributed by atoms with E-state index in [1.165, 1.54) is 19.3 Å². The highest BCUT2D eigenvalue weighted by atomic mass is 16.7. The molecule has 3 heterocycles. The monoisotopic (exact) mass is 302 g/mol. The van der Waals surface area contributed by atoms with Crippen LogP contribution in [0.4, 0.5) is 0 Å². The molecule has 1 amide bonds. The van der Waals surface area contributed by atoms with Crippen LogP contribution in [0.1, 0.15) is 35.2 Å². The third kappa shape index (κ3) is 2.54. The third-order valence-corrected chi connectivity index (χ3v) is 4.89. The minimum Gasteiger partial charge on any atom is -0.454 e. The van der Waals surface area contributed by atoms with E-state index >= 15 is 0 Å². The maximum absolute atomic E-state index is 12.8. The van der Waals surface area contributed by atoms with Crippen molar-refractivity contribution in [2.45, 2.75) is 25.7 Å². The first kappa shape index (κ1) is 13.9. The van der Waals surface area contributed by atoms with Crippen LogP contribution in [0.15, 0.2) is 12.1 Å². The van der Waals surface area contributed by atoms with Crippen molar-refractivity contribution in [1.29, 1.82) is 0 Å². The molecule has 1 aromatic carbocycles. The zero-order valence-corrected chi connectivity index (χ0v) is 12.8. The molecule has 3 aliphatic rings. The van der Waals surface area contributed by atoms with Crippen LogP contribution < -0.4 is 14.8 Å². The number of amides is 1. The molecule has 0 bridgehead atoms. The summed E-state index contributed by atoms with van der Waals surface area (Å²) in [4.78, 5) is 14.8. The summed E-state index contributed by atoms with van der Waals surface area (Å²) in [5.41, 5.74) is 1.88. The standard InChI is InChI=1S/C17H22N2O3/c20-17-14-8-16-15(21-11-22-16)7-13(14)4-6-19(17)10-12-3-1-2-5-18-9-12/h7-8,12,18H,1-6,9-11H2. The van der Waals surface area contributed by atoms with Crippen molar-refractivity contribution in [1.82, 2.24) is 10.2 Å².